The van der Waals surface area contributed by atoms with Gasteiger partial charge in [0, 0.05) is 57.6 Å². The lowest BCUT2D eigenvalue weighted by atomic mass is 10.1. The predicted octanol–water partition coefficient (Wildman–Crippen LogP) is 5.01. The Labute approximate surface area is 263 Å². The Morgan fingerprint density at radius 2 is 1.82 bits per heavy atom. The molecule has 5 heterocycles. The van der Waals surface area contributed by atoms with Crippen LogP contribution in [0.1, 0.15) is 61.6 Å². The molecule has 2 aliphatic heterocycles. The summed E-state index contributed by atoms with van der Waals surface area (Å²) in [4.78, 5) is 39.8. The van der Waals surface area contributed by atoms with Gasteiger partial charge in [-0.2, -0.15) is 5.10 Å². The van der Waals surface area contributed by atoms with Gasteiger partial charge in [0.25, 0.3) is 5.91 Å². The number of aromatic nitrogens is 5. The monoisotopic (exact) mass is 614 g/mol. The van der Waals surface area contributed by atoms with Crippen LogP contribution in [0, 0.1) is 6.92 Å². The van der Waals surface area contributed by atoms with Crippen molar-refractivity contribution in [1.82, 2.24) is 34.1 Å². The molecule has 1 fully saturated rings. The third-order valence-electron chi connectivity index (χ3n) is 8.11. The maximum Gasteiger partial charge on any atom is 0.410 e. The molecule has 3 aromatic heterocycles. The number of carbonyl (C=O) groups is 2. The Bertz CT molecular complexity index is 1710. The number of fused-ring (bicyclic) bond motifs is 7. The highest BCUT2D eigenvalue weighted by Gasteiger charge is 2.26. The van der Waals surface area contributed by atoms with Gasteiger partial charge in [-0.15, -0.1) is 0 Å². The fourth-order valence-corrected chi connectivity index (χ4v) is 5.86. The fraction of sp³-hybridized carbons (Fsp3) is 0.485. The number of aryl methyl sites for hydroxylation is 3. The number of pyridine rings is 1. The molecule has 1 saturated heterocycles. The van der Waals surface area contributed by atoms with E-state index in [2.05, 4.69) is 37.0 Å². The highest BCUT2D eigenvalue weighted by molar-refractivity contribution is 6.04. The minimum atomic E-state index is -0.503. The number of nitrogens with zero attached hydrogens (tertiary/aromatic N) is 7. The predicted molar refractivity (Wildman–Crippen MR) is 171 cm³/mol. The van der Waals surface area contributed by atoms with E-state index >= 15 is 0 Å². The van der Waals surface area contributed by atoms with Crippen LogP contribution >= 0.6 is 0 Å². The van der Waals surface area contributed by atoms with Gasteiger partial charge in [-0.3, -0.25) is 20.0 Å². The number of anilines is 1. The zero-order valence-electron chi connectivity index (χ0n) is 26.8. The van der Waals surface area contributed by atoms with Crippen LogP contribution in [0.15, 0.2) is 36.5 Å². The molecule has 0 spiro atoms. The Kier molecular flexibility index (Phi) is 8.50. The number of benzene rings is 1. The summed E-state index contributed by atoms with van der Waals surface area (Å²) in [5.74, 6) is 0.928. The molecule has 12 nitrogen and oxygen atoms in total. The molecule has 45 heavy (non-hydrogen) atoms. The summed E-state index contributed by atoms with van der Waals surface area (Å²) in [7, 11) is 1.85. The molecule has 0 saturated carbocycles. The van der Waals surface area contributed by atoms with E-state index in [4.69, 9.17) is 14.5 Å². The zero-order chi connectivity index (χ0) is 31.7. The topological polar surface area (TPSA) is 120 Å². The van der Waals surface area contributed by atoms with Gasteiger partial charge in [0.2, 0.25) is 11.8 Å². The minimum absolute atomic E-state index is 0.248. The van der Waals surface area contributed by atoms with Crippen LogP contribution in [0.2, 0.25) is 0 Å². The van der Waals surface area contributed by atoms with E-state index in [0.717, 1.165) is 66.8 Å². The summed E-state index contributed by atoms with van der Waals surface area (Å²) in [6.45, 7) is 12.4. The quantitative estimate of drug-likeness (QED) is 0.335. The first kappa shape index (κ1) is 30.6. The van der Waals surface area contributed by atoms with Crippen molar-refractivity contribution in [2.24, 2.45) is 7.05 Å². The van der Waals surface area contributed by atoms with Gasteiger partial charge in [0.1, 0.15) is 5.60 Å². The van der Waals surface area contributed by atoms with E-state index in [0.29, 0.717) is 49.3 Å². The molecule has 1 aromatic carbocycles. The smallest absolute Gasteiger partial charge is 0.410 e. The van der Waals surface area contributed by atoms with Crippen molar-refractivity contribution in [1.29, 1.82) is 0 Å². The molecule has 12 heteroatoms. The number of ether oxygens (including phenoxy) is 2. The first-order valence-corrected chi connectivity index (χ1v) is 15.7. The van der Waals surface area contributed by atoms with Crippen molar-refractivity contribution in [2.45, 2.75) is 65.6 Å². The third kappa shape index (κ3) is 6.95. The lowest BCUT2D eigenvalue weighted by Crippen LogP contribution is -2.49. The number of piperazine rings is 1. The Balaban J connectivity index is 1.23. The number of hydrogen-bond donors (Lipinski definition) is 1. The Hall–Kier alpha value is -4.45. The molecular formula is C33H42N8O4. The van der Waals surface area contributed by atoms with Gasteiger partial charge < -0.3 is 18.9 Å². The van der Waals surface area contributed by atoms with Gasteiger partial charge in [-0.1, -0.05) is 6.07 Å². The number of rotatable bonds is 2. The molecule has 4 aromatic rings. The molecule has 2 amide bonds. The van der Waals surface area contributed by atoms with Crippen molar-refractivity contribution in [2.75, 3.05) is 38.1 Å². The van der Waals surface area contributed by atoms with E-state index < -0.39 is 5.60 Å². The average Bonchev–Trinajstić information content (AvgIpc) is 3.52. The normalized spacial score (nSPS) is 16.6. The molecule has 0 unspecified atom stereocenters. The molecule has 6 rings (SSSR count). The molecular weight excluding hydrogens is 572 g/mol. The van der Waals surface area contributed by atoms with E-state index in [-0.39, 0.29) is 12.0 Å². The summed E-state index contributed by atoms with van der Waals surface area (Å²) >= 11 is 0. The summed E-state index contributed by atoms with van der Waals surface area (Å²) < 4.78 is 15.5. The lowest BCUT2D eigenvalue weighted by Gasteiger charge is -2.35. The lowest BCUT2D eigenvalue weighted by molar-refractivity contribution is 0.0139. The second kappa shape index (κ2) is 12.5. The maximum atomic E-state index is 13.6. The molecule has 0 aliphatic carbocycles. The van der Waals surface area contributed by atoms with Gasteiger partial charge >= 0.3 is 6.09 Å². The van der Waals surface area contributed by atoms with Crippen LogP contribution in [0.5, 0.6) is 5.88 Å². The zero-order valence-corrected chi connectivity index (χ0v) is 26.8. The highest BCUT2D eigenvalue weighted by Crippen LogP contribution is 2.30. The number of imidazole rings is 1. The van der Waals surface area contributed by atoms with Crippen molar-refractivity contribution in [3.63, 3.8) is 0 Å². The third-order valence-corrected chi connectivity index (χ3v) is 8.11. The van der Waals surface area contributed by atoms with Crippen LogP contribution in [0.3, 0.4) is 0 Å². The van der Waals surface area contributed by atoms with E-state index in [1.807, 2.05) is 40.8 Å². The van der Waals surface area contributed by atoms with E-state index in [1.165, 1.54) is 0 Å². The van der Waals surface area contributed by atoms with Gasteiger partial charge in [0.05, 0.1) is 35.1 Å². The van der Waals surface area contributed by atoms with Crippen LogP contribution < -0.4 is 10.1 Å². The summed E-state index contributed by atoms with van der Waals surface area (Å²) in [5.41, 5.74) is 5.10. The molecule has 0 radical (unpaired) electrons. The van der Waals surface area contributed by atoms with Crippen molar-refractivity contribution in [3.05, 3.63) is 53.3 Å². The summed E-state index contributed by atoms with van der Waals surface area (Å²) in [5, 5.41) is 7.47. The second-order valence-corrected chi connectivity index (χ2v) is 12.9. The van der Waals surface area contributed by atoms with Crippen LogP contribution in [0.25, 0.3) is 22.3 Å². The first-order valence-electron chi connectivity index (χ1n) is 15.7. The largest absolute Gasteiger partial charge is 0.477 e. The number of amides is 2. The summed E-state index contributed by atoms with van der Waals surface area (Å²) in [6, 6.07) is 9.85. The van der Waals surface area contributed by atoms with Crippen molar-refractivity contribution >= 4 is 29.0 Å². The Morgan fingerprint density at radius 3 is 2.60 bits per heavy atom. The van der Waals surface area contributed by atoms with Crippen LogP contribution in [-0.2, 0) is 24.9 Å². The van der Waals surface area contributed by atoms with Crippen LogP contribution in [-0.4, -0.2) is 84.5 Å². The SMILES string of the molecule is Cc1cc2cc(n1)-c1cnn(C)c1OCCCCCn1c(nc3ccc(CN4CCN(C(=O)OC(C)(C)C)CC4)cc31)NC2=O. The molecule has 0 atom stereocenters. The van der Waals surface area contributed by atoms with Crippen molar-refractivity contribution < 1.29 is 19.1 Å². The first-order chi connectivity index (χ1) is 21.5. The molecule has 2 aliphatic rings. The molecule has 2 bridgehead atoms. The number of carbonyl (C=O) groups excluding carboxylic acids is 2. The van der Waals surface area contributed by atoms with Gasteiger partial charge in [-0.25, -0.2) is 14.5 Å². The van der Waals surface area contributed by atoms with Crippen molar-refractivity contribution in [3.8, 4) is 17.1 Å². The van der Waals surface area contributed by atoms with Gasteiger partial charge in [0.15, 0.2) is 0 Å². The summed E-state index contributed by atoms with van der Waals surface area (Å²) in [6.07, 6.45) is 4.21. The Morgan fingerprint density at radius 1 is 1.02 bits per heavy atom. The average molecular weight is 615 g/mol. The van der Waals surface area contributed by atoms with Gasteiger partial charge in [-0.05, 0) is 76.8 Å². The molecule has 238 valence electrons. The van der Waals surface area contributed by atoms with E-state index in [9.17, 15) is 9.59 Å². The highest BCUT2D eigenvalue weighted by atomic mass is 16.6. The van der Waals surface area contributed by atoms with E-state index in [1.54, 1.807) is 27.9 Å². The standard InChI is InChI=1S/C33H42N8O4/c1-22-17-24-19-27(35-22)25-20-34-38(5)30(25)44-16-8-6-7-11-41-28-18-23(9-10-26(28)36-31(41)37-29(24)42)21-39-12-14-40(15-13-39)32(43)45-33(2,3)4/h9-10,17-20H,6-8,11-16,21H2,1-5H3,(H,36,37,42). The number of nitrogens with one attached hydrogen (secondary N) is 1. The second-order valence-electron chi connectivity index (χ2n) is 12.9. The number of hydrogen-bond acceptors (Lipinski definition) is 8. The maximum absolute atomic E-state index is 13.6. The van der Waals surface area contributed by atoms with Crippen LogP contribution in [0.4, 0.5) is 10.7 Å². The fourth-order valence-electron chi connectivity index (χ4n) is 5.86. The minimum Gasteiger partial charge on any atom is -0.477 e. The molecule has 1 N–H and O–H groups in total.